The van der Waals surface area contributed by atoms with E-state index in [9.17, 15) is 9.59 Å². The molecule has 0 aliphatic carbocycles. The van der Waals surface area contributed by atoms with Crippen LogP contribution in [0.4, 0.5) is 0 Å². The highest BCUT2D eigenvalue weighted by Crippen LogP contribution is 2.30. The Morgan fingerprint density at radius 1 is 0.963 bits per heavy atom. The van der Waals surface area contributed by atoms with Crippen molar-refractivity contribution in [2.75, 3.05) is 52.4 Å². The van der Waals surface area contributed by atoms with Crippen LogP contribution in [-0.2, 0) is 14.3 Å². The molecule has 0 saturated carbocycles. The third kappa shape index (κ3) is 6.16. The van der Waals surface area contributed by atoms with Crippen LogP contribution in [0, 0.1) is 17.8 Å². The van der Waals surface area contributed by atoms with Gasteiger partial charge in [-0.05, 0) is 83.5 Å². The standard InChI is InChI=1S/C20H36N4O3/c1-2-27-19(25)15-23-11-5-18(6-12-23)20(26)22-24-13-7-17(8-14-24)16-3-9-21-10-4-16/h16-18,21H,2-15H2,1H3,(H,22,26). The van der Waals surface area contributed by atoms with Crippen LogP contribution in [-0.4, -0.2) is 74.2 Å². The van der Waals surface area contributed by atoms with Gasteiger partial charge in [-0.25, -0.2) is 5.01 Å². The lowest BCUT2D eigenvalue weighted by atomic mass is 9.79. The summed E-state index contributed by atoms with van der Waals surface area (Å²) in [6, 6.07) is 0. The van der Waals surface area contributed by atoms with Crippen LogP contribution in [0.1, 0.15) is 45.4 Å². The van der Waals surface area contributed by atoms with E-state index in [1.165, 1.54) is 25.7 Å². The number of carbonyl (C=O) groups excluding carboxylic acids is 2. The van der Waals surface area contributed by atoms with Crippen molar-refractivity contribution in [1.29, 1.82) is 0 Å². The summed E-state index contributed by atoms with van der Waals surface area (Å²) in [7, 11) is 0. The Bertz CT molecular complexity index is 480. The molecule has 1 amide bonds. The monoisotopic (exact) mass is 380 g/mol. The predicted molar refractivity (Wildman–Crippen MR) is 104 cm³/mol. The van der Waals surface area contributed by atoms with E-state index in [-0.39, 0.29) is 17.8 Å². The van der Waals surface area contributed by atoms with E-state index >= 15 is 0 Å². The Balaban J connectivity index is 1.33. The number of ether oxygens (including phenoxy) is 1. The first-order chi connectivity index (χ1) is 13.2. The van der Waals surface area contributed by atoms with Crippen molar-refractivity contribution in [3.05, 3.63) is 0 Å². The molecule has 7 nitrogen and oxygen atoms in total. The average Bonchev–Trinajstić information content (AvgIpc) is 2.70. The van der Waals surface area contributed by atoms with E-state index in [1.54, 1.807) is 0 Å². The molecule has 2 N–H and O–H groups in total. The highest BCUT2D eigenvalue weighted by atomic mass is 16.5. The molecule has 3 fully saturated rings. The molecule has 0 unspecified atom stereocenters. The fourth-order valence-electron chi connectivity index (χ4n) is 4.79. The van der Waals surface area contributed by atoms with Gasteiger partial charge >= 0.3 is 5.97 Å². The lowest BCUT2D eigenvalue weighted by Gasteiger charge is -2.38. The molecule has 3 heterocycles. The second kappa shape index (κ2) is 10.4. The van der Waals surface area contributed by atoms with E-state index in [0.717, 1.165) is 63.9 Å². The second-order valence-corrected chi connectivity index (χ2v) is 8.24. The van der Waals surface area contributed by atoms with Gasteiger partial charge in [-0.15, -0.1) is 0 Å². The Hall–Kier alpha value is -1.18. The molecule has 0 aromatic carbocycles. The van der Waals surface area contributed by atoms with E-state index in [0.29, 0.717) is 13.2 Å². The summed E-state index contributed by atoms with van der Waals surface area (Å²) in [6.45, 7) is 8.43. The highest BCUT2D eigenvalue weighted by molar-refractivity contribution is 5.78. The number of hydrazine groups is 1. The first kappa shape index (κ1) is 20.6. The van der Waals surface area contributed by atoms with Crippen molar-refractivity contribution >= 4 is 11.9 Å². The normalized spacial score (nSPS) is 24.6. The van der Waals surface area contributed by atoms with Crippen molar-refractivity contribution < 1.29 is 14.3 Å². The maximum Gasteiger partial charge on any atom is 0.320 e. The fourth-order valence-corrected chi connectivity index (χ4v) is 4.79. The molecular formula is C20H36N4O3. The van der Waals surface area contributed by atoms with Crippen LogP contribution >= 0.6 is 0 Å². The largest absolute Gasteiger partial charge is 0.465 e. The zero-order chi connectivity index (χ0) is 19.1. The first-order valence-corrected chi connectivity index (χ1v) is 10.8. The number of hydrogen-bond donors (Lipinski definition) is 2. The number of nitrogens with zero attached hydrogens (tertiary/aromatic N) is 2. The summed E-state index contributed by atoms with van der Waals surface area (Å²) in [5.74, 6) is 1.74. The van der Waals surface area contributed by atoms with Crippen molar-refractivity contribution in [3.8, 4) is 0 Å². The molecular weight excluding hydrogens is 344 g/mol. The summed E-state index contributed by atoms with van der Waals surface area (Å²) < 4.78 is 5.00. The van der Waals surface area contributed by atoms with Gasteiger partial charge in [0.1, 0.15) is 0 Å². The molecule has 7 heteroatoms. The number of piperidine rings is 3. The topological polar surface area (TPSA) is 73.9 Å². The van der Waals surface area contributed by atoms with Gasteiger partial charge in [0.15, 0.2) is 0 Å². The van der Waals surface area contributed by atoms with Crippen LogP contribution in [0.15, 0.2) is 0 Å². The maximum absolute atomic E-state index is 12.6. The summed E-state index contributed by atoms with van der Waals surface area (Å²) in [5, 5.41) is 5.58. The number of hydrogen-bond acceptors (Lipinski definition) is 6. The highest BCUT2D eigenvalue weighted by Gasteiger charge is 2.30. The van der Waals surface area contributed by atoms with E-state index in [1.807, 2.05) is 6.92 Å². The maximum atomic E-state index is 12.6. The number of rotatable bonds is 6. The quantitative estimate of drug-likeness (QED) is 0.670. The van der Waals surface area contributed by atoms with Crippen molar-refractivity contribution in [1.82, 2.24) is 20.7 Å². The summed E-state index contributed by atoms with van der Waals surface area (Å²) >= 11 is 0. The molecule has 0 spiro atoms. The molecule has 3 rings (SSSR count). The molecule has 0 aromatic rings. The van der Waals surface area contributed by atoms with Crippen LogP contribution in [0.5, 0.6) is 0 Å². The Morgan fingerprint density at radius 3 is 2.22 bits per heavy atom. The minimum Gasteiger partial charge on any atom is -0.465 e. The van der Waals surface area contributed by atoms with Crippen LogP contribution in [0.25, 0.3) is 0 Å². The van der Waals surface area contributed by atoms with Crippen molar-refractivity contribution in [2.24, 2.45) is 17.8 Å². The molecule has 0 atom stereocenters. The van der Waals surface area contributed by atoms with E-state index < -0.39 is 0 Å². The van der Waals surface area contributed by atoms with Gasteiger partial charge in [-0.3, -0.25) is 19.9 Å². The molecule has 0 bridgehead atoms. The minimum atomic E-state index is -0.169. The van der Waals surface area contributed by atoms with Gasteiger partial charge in [-0.2, -0.15) is 0 Å². The Morgan fingerprint density at radius 2 is 1.59 bits per heavy atom. The Kier molecular flexibility index (Phi) is 7.91. The number of nitrogens with one attached hydrogen (secondary N) is 2. The zero-order valence-corrected chi connectivity index (χ0v) is 16.8. The van der Waals surface area contributed by atoms with E-state index in [2.05, 4.69) is 20.7 Å². The number of esters is 1. The van der Waals surface area contributed by atoms with Crippen molar-refractivity contribution in [2.45, 2.75) is 45.4 Å². The smallest absolute Gasteiger partial charge is 0.320 e. The van der Waals surface area contributed by atoms with E-state index in [4.69, 9.17) is 4.74 Å². The molecule has 3 aliphatic rings. The molecule has 154 valence electrons. The average molecular weight is 381 g/mol. The van der Waals surface area contributed by atoms with Gasteiger partial charge in [-0.1, -0.05) is 0 Å². The third-order valence-electron chi connectivity index (χ3n) is 6.47. The van der Waals surface area contributed by atoms with Crippen molar-refractivity contribution in [3.63, 3.8) is 0 Å². The molecule has 0 radical (unpaired) electrons. The van der Waals surface area contributed by atoms with Gasteiger partial charge < -0.3 is 10.1 Å². The van der Waals surface area contributed by atoms with Gasteiger partial charge in [0.2, 0.25) is 5.91 Å². The molecule has 27 heavy (non-hydrogen) atoms. The SMILES string of the molecule is CCOC(=O)CN1CCC(C(=O)NN2CCC(C3CCNCC3)CC2)CC1. The number of carbonyl (C=O) groups is 2. The number of likely N-dealkylation sites (tertiary alicyclic amines) is 1. The lowest BCUT2D eigenvalue weighted by molar-refractivity contribution is -0.144. The molecule has 3 saturated heterocycles. The zero-order valence-electron chi connectivity index (χ0n) is 16.8. The van der Waals surface area contributed by atoms with Gasteiger partial charge in [0.25, 0.3) is 0 Å². The van der Waals surface area contributed by atoms with Crippen LogP contribution < -0.4 is 10.7 Å². The lowest BCUT2D eigenvalue weighted by Crippen LogP contribution is -2.51. The summed E-state index contributed by atoms with van der Waals surface area (Å²) in [4.78, 5) is 26.3. The number of amides is 1. The second-order valence-electron chi connectivity index (χ2n) is 8.24. The Labute approximate surface area is 163 Å². The summed E-state index contributed by atoms with van der Waals surface area (Å²) in [6.07, 6.45) is 6.64. The molecule has 0 aromatic heterocycles. The van der Waals surface area contributed by atoms with Crippen LogP contribution in [0.2, 0.25) is 0 Å². The molecule has 3 aliphatic heterocycles. The third-order valence-corrected chi connectivity index (χ3v) is 6.47. The predicted octanol–water partition coefficient (Wildman–Crippen LogP) is 1.00. The van der Waals surface area contributed by atoms with Gasteiger partial charge in [0, 0.05) is 19.0 Å². The first-order valence-electron chi connectivity index (χ1n) is 10.8. The minimum absolute atomic E-state index is 0.0607. The van der Waals surface area contributed by atoms with Crippen LogP contribution in [0.3, 0.4) is 0 Å². The fraction of sp³-hybridized carbons (Fsp3) is 0.900. The summed E-state index contributed by atoms with van der Waals surface area (Å²) in [5.41, 5.74) is 3.16. The van der Waals surface area contributed by atoms with Gasteiger partial charge in [0.05, 0.1) is 13.2 Å².